The quantitative estimate of drug-likeness (QED) is 0.838. The van der Waals surface area contributed by atoms with Crippen molar-refractivity contribution in [3.63, 3.8) is 0 Å². The summed E-state index contributed by atoms with van der Waals surface area (Å²) in [6, 6.07) is 1.82. The highest BCUT2D eigenvalue weighted by atomic mass is 32.2. The molecule has 0 bridgehead atoms. The molecule has 0 aliphatic carbocycles. The molecule has 0 fully saturated rings. The summed E-state index contributed by atoms with van der Waals surface area (Å²) in [6.45, 7) is 4.22. The molecule has 0 aliphatic rings. The van der Waals surface area contributed by atoms with Gasteiger partial charge in [0.1, 0.15) is 5.75 Å². The fourth-order valence-corrected chi connectivity index (χ4v) is 1.87. The molecule has 15 heavy (non-hydrogen) atoms. The Balaban J connectivity index is 2.60. The van der Waals surface area contributed by atoms with E-state index in [1.165, 1.54) is 0 Å². The van der Waals surface area contributed by atoms with Gasteiger partial charge in [-0.15, -0.1) is 0 Å². The largest absolute Gasteiger partial charge is 0.495 e. The van der Waals surface area contributed by atoms with Crippen molar-refractivity contribution in [2.45, 2.75) is 25.2 Å². The Morgan fingerprint density at radius 3 is 2.80 bits per heavy atom. The van der Waals surface area contributed by atoms with Gasteiger partial charge >= 0.3 is 0 Å². The van der Waals surface area contributed by atoms with E-state index in [4.69, 9.17) is 4.74 Å². The summed E-state index contributed by atoms with van der Waals surface area (Å²) in [4.78, 5) is 4.01. The van der Waals surface area contributed by atoms with E-state index in [-0.39, 0.29) is 0 Å². The zero-order chi connectivity index (χ0) is 11.3. The van der Waals surface area contributed by atoms with Crippen LogP contribution in [0.1, 0.15) is 25.5 Å². The van der Waals surface area contributed by atoms with E-state index >= 15 is 0 Å². The minimum absolute atomic E-state index is 0.472. The van der Waals surface area contributed by atoms with E-state index in [0.29, 0.717) is 16.8 Å². The van der Waals surface area contributed by atoms with Crippen molar-refractivity contribution in [1.82, 2.24) is 4.98 Å². The topological polar surface area (TPSA) is 42.4 Å². The van der Waals surface area contributed by atoms with Crippen molar-refractivity contribution in [3.05, 3.63) is 24.0 Å². The van der Waals surface area contributed by atoms with Gasteiger partial charge in [-0.3, -0.25) is 4.98 Å². The van der Waals surface area contributed by atoms with Crippen LogP contribution < -0.4 is 4.74 Å². The third kappa shape index (κ3) is 4.10. The average molecular weight is 227 g/mol. The monoisotopic (exact) mass is 227 g/mol. The maximum Gasteiger partial charge on any atom is 0.137 e. The molecule has 1 atom stereocenters. The van der Waals surface area contributed by atoms with Crippen LogP contribution in [0.15, 0.2) is 18.5 Å². The number of methoxy groups -OCH3 is 1. The molecule has 1 unspecified atom stereocenters. The first-order chi connectivity index (χ1) is 7.13. The van der Waals surface area contributed by atoms with Gasteiger partial charge in [0.25, 0.3) is 0 Å². The lowest BCUT2D eigenvalue weighted by Gasteiger charge is -2.12. The van der Waals surface area contributed by atoms with E-state index < -0.39 is 6.10 Å². The maximum atomic E-state index is 9.87. The van der Waals surface area contributed by atoms with E-state index in [2.05, 4.69) is 18.8 Å². The molecule has 0 spiro atoms. The Labute approximate surface area is 94.9 Å². The van der Waals surface area contributed by atoms with E-state index in [1.54, 1.807) is 31.3 Å². The lowest BCUT2D eigenvalue weighted by atomic mass is 10.2. The highest BCUT2D eigenvalue weighted by molar-refractivity contribution is 7.99. The van der Waals surface area contributed by atoms with Gasteiger partial charge in [-0.25, -0.2) is 0 Å². The molecule has 4 heteroatoms. The molecule has 1 heterocycles. The second kappa shape index (κ2) is 5.98. The molecule has 1 aromatic heterocycles. The zero-order valence-electron chi connectivity index (χ0n) is 9.30. The number of pyridine rings is 1. The number of hydrogen-bond donors (Lipinski definition) is 1. The summed E-state index contributed by atoms with van der Waals surface area (Å²) in [5, 5.41) is 10.4. The number of thioether (sulfide) groups is 1. The molecule has 0 amide bonds. The molecular formula is C11H17NO2S. The first-order valence-electron chi connectivity index (χ1n) is 4.92. The molecule has 0 radical (unpaired) electrons. The first-order valence-corrected chi connectivity index (χ1v) is 5.97. The molecule has 0 saturated carbocycles. The SMILES string of the molecule is COc1cncc(C(O)CSC(C)C)c1. The van der Waals surface area contributed by atoms with Gasteiger partial charge in [0, 0.05) is 17.5 Å². The maximum absolute atomic E-state index is 9.87. The van der Waals surface area contributed by atoms with Crippen LogP contribution in [0, 0.1) is 0 Å². The van der Waals surface area contributed by atoms with E-state index in [1.807, 2.05) is 6.07 Å². The van der Waals surface area contributed by atoms with Crippen molar-refractivity contribution in [2.24, 2.45) is 0 Å². The van der Waals surface area contributed by atoms with Gasteiger partial charge in [-0.05, 0) is 11.3 Å². The molecular weight excluding hydrogens is 210 g/mol. The number of aliphatic hydroxyl groups excluding tert-OH is 1. The predicted molar refractivity (Wildman–Crippen MR) is 63.3 cm³/mol. The summed E-state index contributed by atoms with van der Waals surface area (Å²) in [7, 11) is 1.59. The van der Waals surface area contributed by atoms with Crippen LogP contribution in [0.4, 0.5) is 0 Å². The number of aromatic nitrogens is 1. The van der Waals surface area contributed by atoms with Gasteiger partial charge < -0.3 is 9.84 Å². The smallest absolute Gasteiger partial charge is 0.137 e. The molecule has 1 aromatic rings. The van der Waals surface area contributed by atoms with Gasteiger partial charge in [0.05, 0.1) is 19.4 Å². The Bertz CT molecular complexity index is 304. The van der Waals surface area contributed by atoms with Crippen molar-refractivity contribution in [2.75, 3.05) is 12.9 Å². The van der Waals surface area contributed by atoms with Gasteiger partial charge in [0.15, 0.2) is 0 Å². The van der Waals surface area contributed by atoms with E-state index in [9.17, 15) is 5.11 Å². The normalized spacial score (nSPS) is 12.9. The second-order valence-corrected chi connectivity index (χ2v) is 5.17. The van der Waals surface area contributed by atoms with Crippen molar-refractivity contribution < 1.29 is 9.84 Å². The minimum atomic E-state index is -0.472. The lowest BCUT2D eigenvalue weighted by molar-refractivity contribution is 0.203. The molecule has 84 valence electrons. The highest BCUT2D eigenvalue weighted by Crippen LogP contribution is 2.22. The first kappa shape index (κ1) is 12.3. The predicted octanol–water partition coefficient (Wildman–Crippen LogP) is 2.27. The van der Waals surface area contributed by atoms with Crippen LogP contribution in [0.5, 0.6) is 5.75 Å². The minimum Gasteiger partial charge on any atom is -0.495 e. The number of ether oxygens (including phenoxy) is 1. The van der Waals surface area contributed by atoms with Gasteiger partial charge in [-0.1, -0.05) is 13.8 Å². The van der Waals surface area contributed by atoms with Crippen molar-refractivity contribution >= 4 is 11.8 Å². The van der Waals surface area contributed by atoms with Crippen LogP contribution in [0.25, 0.3) is 0 Å². The van der Waals surface area contributed by atoms with Gasteiger partial charge in [0.2, 0.25) is 0 Å². The summed E-state index contributed by atoms with van der Waals surface area (Å²) in [5.41, 5.74) is 0.808. The summed E-state index contributed by atoms with van der Waals surface area (Å²) in [5.74, 6) is 1.37. The molecule has 0 saturated heterocycles. The second-order valence-electron chi connectivity index (χ2n) is 3.56. The Morgan fingerprint density at radius 2 is 2.20 bits per heavy atom. The number of nitrogens with zero attached hydrogens (tertiary/aromatic N) is 1. The summed E-state index contributed by atoms with van der Waals surface area (Å²) >= 11 is 1.73. The van der Waals surface area contributed by atoms with Crippen LogP contribution >= 0.6 is 11.8 Å². The Hall–Kier alpha value is -0.740. The standard InChI is InChI=1S/C11H17NO2S/c1-8(2)15-7-11(13)9-4-10(14-3)6-12-5-9/h4-6,8,11,13H,7H2,1-3H3. The number of aliphatic hydroxyl groups is 1. The number of rotatable bonds is 5. The highest BCUT2D eigenvalue weighted by Gasteiger charge is 2.09. The lowest BCUT2D eigenvalue weighted by Crippen LogP contribution is -2.04. The third-order valence-corrected chi connectivity index (χ3v) is 3.12. The fourth-order valence-electron chi connectivity index (χ4n) is 1.11. The molecule has 1 N–H and O–H groups in total. The zero-order valence-corrected chi connectivity index (χ0v) is 10.1. The molecule has 1 rings (SSSR count). The fraction of sp³-hybridized carbons (Fsp3) is 0.545. The molecule has 3 nitrogen and oxygen atoms in total. The van der Waals surface area contributed by atoms with Gasteiger partial charge in [-0.2, -0.15) is 11.8 Å². The van der Waals surface area contributed by atoms with Crippen LogP contribution in [-0.4, -0.2) is 28.2 Å². The summed E-state index contributed by atoms with van der Waals surface area (Å²) < 4.78 is 5.05. The number of hydrogen-bond acceptors (Lipinski definition) is 4. The Kier molecular flexibility index (Phi) is 4.91. The van der Waals surface area contributed by atoms with Crippen LogP contribution in [0.2, 0.25) is 0 Å². The molecule has 0 aromatic carbocycles. The van der Waals surface area contributed by atoms with Crippen LogP contribution in [-0.2, 0) is 0 Å². The van der Waals surface area contributed by atoms with Crippen LogP contribution in [0.3, 0.4) is 0 Å². The third-order valence-electron chi connectivity index (χ3n) is 1.94. The van der Waals surface area contributed by atoms with Crippen molar-refractivity contribution in [3.8, 4) is 5.75 Å². The van der Waals surface area contributed by atoms with E-state index in [0.717, 1.165) is 5.56 Å². The average Bonchev–Trinajstić information content (AvgIpc) is 2.26. The molecule has 0 aliphatic heterocycles. The van der Waals surface area contributed by atoms with Crippen molar-refractivity contribution in [1.29, 1.82) is 0 Å². The summed E-state index contributed by atoms with van der Waals surface area (Å²) in [6.07, 6.45) is 2.83. The Morgan fingerprint density at radius 1 is 1.47 bits per heavy atom.